The average molecular weight is 399 g/mol. The molecule has 0 spiro atoms. The molecular formula is C15H22ClF3N4OS. The van der Waals surface area contributed by atoms with Crippen molar-refractivity contribution in [3.63, 3.8) is 0 Å². The molecule has 142 valence electrons. The van der Waals surface area contributed by atoms with Gasteiger partial charge in [0.1, 0.15) is 5.15 Å². The Bertz CT molecular complexity index is 749. The van der Waals surface area contributed by atoms with Gasteiger partial charge in [-0.05, 0) is 19.1 Å². The number of rotatable bonds is 3. The van der Waals surface area contributed by atoms with E-state index < -0.39 is 11.9 Å². The van der Waals surface area contributed by atoms with Crippen LogP contribution in [0.1, 0.15) is 46.0 Å². The SMILES string of the molecule is CC.CC.CCn1c(=O)cc(Cn2nc(C(F)(F)F)cc2Cl)[nH]c1=S. The third-order valence-electron chi connectivity index (χ3n) is 2.73. The van der Waals surface area contributed by atoms with E-state index in [9.17, 15) is 18.0 Å². The topological polar surface area (TPSA) is 55.6 Å². The Morgan fingerprint density at radius 2 is 1.80 bits per heavy atom. The maximum Gasteiger partial charge on any atom is 0.435 e. The first-order valence-electron chi connectivity index (χ1n) is 7.86. The van der Waals surface area contributed by atoms with Crippen molar-refractivity contribution in [1.82, 2.24) is 19.3 Å². The van der Waals surface area contributed by atoms with Crippen LogP contribution in [0.5, 0.6) is 0 Å². The van der Waals surface area contributed by atoms with Crippen LogP contribution < -0.4 is 5.56 Å². The Hall–Kier alpha value is -1.61. The van der Waals surface area contributed by atoms with Gasteiger partial charge in [-0.1, -0.05) is 39.3 Å². The number of H-pyrrole nitrogens is 1. The number of halogens is 4. The Morgan fingerprint density at radius 3 is 2.20 bits per heavy atom. The molecular weight excluding hydrogens is 377 g/mol. The molecule has 0 saturated heterocycles. The third-order valence-corrected chi connectivity index (χ3v) is 3.36. The molecule has 2 rings (SSSR count). The number of nitrogens with zero attached hydrogens (tertiary/aromatic N) is 3. The normalized spacial score (nSPS) is 10.4. The summed E-state index contributed by atoms with van der Waals surface area (Å²) in [6, 6.07) is 1.98. The lowest BCUT2D eigenvalue weighted by molar-refractivity contribution is -0.141. The highest BCUT2D eigenvalue weighted by atomic mass is 35.5. The molecule has 0 fully saturated rings. The van der Waals surface area contributed by atoms with Crippen LogP contribution in [0.15, 0.2) is 16.9 Å². The molecule has 2 aromatic rings. The van der Waals surface area contributed by atoms with Crippen molar-refractivity contribution in [3.8, 4) is 0 Å². The highest BCUT2D eigenvalue weighted by Gasteiger charge is 2.34. The van der Waals surface area contributed by atoms with E-state index in [2.05, 4.69) is 10.1 Å². The summed E-state index contributed by atoms with van der Waals surface area (Å²) in [5, 5.41) is 3.20. The number of nitrogens with one attached hydrogen (secondary N) is 1. The number of alkyl halides is 3. The van der Waals surface area contributed by atoms with Gasteiger partial charge in [0, 0.05) is 24.4 Å². The summed E-state index contributed by atoms with van der Waals surface area (Å²) in [4.78, 5) is 14.5. The van der Waals surface area contributed by atoms with Crippen LogP contribution in [-0.4, -0.2) is 19.3 Å². The number of aromatic amines is 1. The molecule has 0 aliphatic rings. The van der Waals surface area contributed by atoms with Gasteiger partial charge < -0.3 is 4.98 Å². The van der Waals surface area contributed by atoms with Crippen molar-refractivity contribution in [2.45, 2.75) is 53.9 Å². The lowest BCUT2D eigenvalue weighted by Gasteiger charge is -2.07. The lowest BCUT2D eigenvalue weighted by Crippen LogP contribution is -2.22. The fourth-order valence-corrected chi connectivity index (χ4v) is 2.31. The number of hydrogen-bond acceptors (Lipinski definition) is 3. The molecule has 0 radical (unpaired) electrons. The van der Waals surface area contributed by atoms with Gasteiger partial charge in [-0.3, -0.25) is 9.36 Å². The van der Waals surface area contributed by atoms with Crippen LogP contribution in [0.3, 0.4) is 0 Å². The molecule has 0 aliphatic heterocycles. The van der Waals surface area contributed by atoms with Crippen molar-refractivity contribution in [3.05, 3.63) is 43.8 Å². The summed E-state index contributed by atoms with van der Waals surface area (Å²) in [6.45, 7) is 10.0. The molecule has 2 aromatic heterocycles. The van der Waals surface area contributed by atoms with Crippen molar-refractivity contribution in [2.24, 2.45) is 0 Å². The summed E-state index contributed by atoms with van der Waals surface area (Å²) in [7, 11) is 0. The Balaban J connectivity index is 0.00000134. The van der Waals surface area contributed by atoms with E-state index in [0.29, 0.717) is 12.2 Å². The van der Waals surface area contributed by atoms with Crippen molar-refractivity contribution >= 4 is 23.8 Å². The van der Waals surface area contributed by atoms with Crippen molar-refractivity contribution < 1.29 is 13.2 Å². The quantitative estimate of drug-likeness (QED) is 0.748. The van der Waals surface area contributed by atoms with Gasteiger partial charge >= 0.3 is 6.18 Å². The van der Waals surface area contributed by atoms with Gasteiger partial charge in [0.15, 0.2) is 10.5 Å². The first-order valence-corrected chi connectivity index (χ1v) is 8.64. The minimum Gasteiger partial charge on any atom is -0.334 e. The van der Waals surface area contributed by atoms with E-state index in [4.69, 9.17) is 23.8 Å². The van der Waals surface area contributed by atoms with Gasteiger partial charge in [-0.15, -0.1) is 0 Å². The second-order valence-electron chi connectivity index (χ2n) is 4.19. The van der Waals surface area contributed by atoms with E-state index in [1.165, 1.54) is 10.6 Å². The maximum atomic E-state index is 12.5. The fourth-order valence-electron chi connectivity index (χ4n) is 1.76. The van der Waals surface area contributed by atoms with Gasteiger partial charge in [0.05, 0.1) is 6.54 Å². The second-order valence-corrected chi connectivity index (χ2v) is 4.96. The monoisotopic (exact) mass is 398 g/mol. The van der Waals surface area contributed by atoms with Gasteiger partial charge in [-0.25, -0.2) is 4.68 Å². The fraction of sp³-hybridized carbons (Fsp3) is 0.533. The molecule has 1 N–H and O–H groups in total. The molecule has 0 unspecified atom stereocenters. The zero-order valence-electron chi connectivity index (χ0n) is 14.7. The highest BCUT2D eigenvalue weighted by Crippen LogP contribution is 2.29. The van der Waals surface area contributed by atoms with Crippen LogP contribution in [0.2, 0.25) is 5.15 Å². The van der Waals surface area contributed by atoms with Gasteiger partial charge in [0.2, 0.25) is 0 Å². The smallest absolute Gasteiger partial charge is 0.334 e. The first-order chi connectivity index (χ1) is 11.7. The van der Waals surface area contributed by atoms with Gasteiger partial charge in [0.25, 0.3) is 5.56 Å². The zero-order valence-corrected chi connectivity index (χ0v) is 16.3. The predicted octanol–water partition coefficient (Wildman–Crippen LogP) is 4.90. The van der Waals surface area contributed by atoms with E-state index in [1.54, 1.807) is 6.92 Å². The molecule has 0 aromatic carbocycles. The minimum atomic E-state index is -4.58. The maximum absolute atomic E-state index is 12.5. The van der Waals surface area contributed by atoms with Crippen LogP contribution in [-0.2, 0) is 19.3 Å². The Kier molecular flexibility index (Phi) is 9.73. The largest absolute Gasteiger partial charge is 0.435 e. The Morgan fingerprint density at radius 1 is 1.24 bits per heavy atom. The van der Waals surface area contributed by atoms with Gasteiger partial charge in [-0.2, -0.15) is 18.3 Å². The Labute approximate surface area is 154 Å². The molecule has 2 heterocycles. The summed E-state index contributed by atoms with van der Waals surface area (Å²) >= 11 is 10.7. The van der Waals surface area contributed by atoms with Crippen LogP contribution in [0, 0.1) is 4.77 Å². The number of hydrogen-bond donors (Lipinski definition) is 1. The summed E-state index contributed by atoms with van der Waals surface area (Å²) < 4.78 is 40.1. The molecule has 0 amide bonds. The predicted molar refractivity (Wildman–Crippen MR) is 95.6 cm³/mol. The van der Waals surface area contributed by atoms with Crippen LogP contribution in [0.25, 0.3) is 0 Å². The summed E-state index contributed by atoms with van der Waals surface area (Å²) in [5.41, 5.74) is -1.10. The molecule has 5 nitrogen and oxygen atoms in total. The highest BCUT2D eigenvalue weighted by molar-refractivity contribution is 7.71. The molecule has 0 bridgehead atoms. The van der Waals surface area contributed by atoms with E-state index in [-0.39, 0.29) is 22.0 Å². The first kappa shape index (κ1) is 23.4. The van der Waals surface area contributed by atoms with Crippen molar-refractivity contribution in [2.75, 3.05) is 0 Å². The molecule has 0 saturated carbocycles. The second kappa shape index (κ2) is 10.4. The molecule has 0 aliphatic carbocycles. The van der Waals surface area contributed by atoms with E-state index in [1.807, 2.05) is 27.7 Å². The molecule has 10 heteroatoms. The average Bonchev–Trinajstić information content (AvgIpc) is 2.92. The molecule has 0 atom stereocenters. The third kappa shape index (κ3) is 6.32. The number of aromatic nitrogens is 4. The minimum absolute atomic E-state index is 0.113. The summed E-state index contributed by atoms with van der Waals surface area (Å²) in [6.07, 6.45) is -4.58. The lowest BCUT2D eigenvalue weighted by atomic mass is 10.4. The van der Waals surface area contributed by atoms with E-state index >= 15 is 0 Å². The van der Waals surface area contributed by atoms with E-state index in [0.717, 1.165) is 10.7 Å². The zero-order chi connectivity index (χ0) is 19.8. The molecule has 25 heavy (non-hydrogen) atoms. The van der Waals surface area contributed by atoms with Crippen molar-refractivity contribution in [1.29, 1.82) is 0 Å². The summed E-state index contributed by atoms with van der Waals surface area (Å²) in [5.74, 6) is 0. The van der Waals surface area contributed by atoms with Crippen LogP contribution in [0.4, 0.5) is 13.2 Å². The standard InChI is InChI=1S/C11H10ClF3N4OS.2C2H6/c1-2-18-9(20)3-6(16-10(18)21)5-19-8(12)4-7(17-19)11(13,14)15;2*1-2/h3-4H,2,5H2,1H3,(H,16,21);2*1-2H3. The van der Waals surface area contributed by atoms with Crippen LogP contribution >= 0.6 is 23.8 Å².